The zero-order valence-electron chi connectivity index (χ0n) is 8.63. The van der Waals surface area contributed by atoms with E-state index in [-0.39, 0.29) is 0 Å². The van der Waals surface area contributed by atoms with Gasteiger partial charge >= 0.3 is 0 Å². The first kappa shape index (κ1) is 10.3. The molecule has 1 aliphatic heterocycles. The van der Waals surface area contributed by atoms with Crippen molar-refractivity contribution in [3.8, 4) is 0 Å². The van der Waals surface area contributed by atoms with Gasteiger partial charge in [-0.15, -0.1) is 0 Å². The van der Waals surface area contributed by atoms with E-state index in [4.69, 9.17) is 0 Å². The zero-order valence-corrected chi connectivity index (χ0v) is 9.44. The number of hydrogen-bond acceptors (Lipinski definition) is 2. The lowest BCUT2D eigenvalue weighted by Gasteiger charge is -2.09. The van der Waals surface area contributed by atoms with Crippen LogP contribution in [0.2, 0.25) is 0 Å². The van der Waals surface area contributed by atoms with Crippen molar-refractivity contribution < 1.29 is 4.79 Å². The van der Waals surface area contributed by atoms with E-state index in [1.807, 2.05) is 11.8 Å². The first-order valence-electron chi connectivity index (χ1n) is 5.73. The summed E-state index contributed by atoms with van der Waals surface area (Å²) in [6.45, 7) is 0. The number of ketones is 1. The molecule has 0 saturated carbocycles. The molecule has 78 valence electrons. The van der Waals surface area contributed by atoms with Crippen molar-refractivity contribution in [1.82, 2.24) is 0 Å². The minimum atomic E-state index is 0.305. The van der Waals surface area contributed by atoms with Gasteiger partial charge in [-0.3, -0.25) is 4.79 Å². The molecule has 0 N–H and O–H groups in total. The van der Waals surface area contributed by atoms with Crippen LogP contribution in [0.4, 0.5) is 0 Å². The summed E-state index contributed by atoms with van der Waals surface area (Å²) >= 11 is 1.86. The molecular weight excluding hydrogens is 192 g/mol. The molecule has 0 aromatic heterocycles. The van der Waals surface area contributed by atoms with Crippen LogP contribution < -0.4 is 0 Å². The van der Waals surface area contributed by atoms with Crippen molar-refractivity contribution in [2.45, 2.75) is 50.2 Å². The highest BCUT2D eigenvalue weighted by atomic mass is 32.2. The number of hydrogen-bond donors (Lipinski definition) is 0. The lowest BCUT2D eigenvalue weighted by molar-refractivity contribution is -0.115. The Kier molecular flexibility index (Phi) is 3.68. The lowest BCUT2D eigenvalue weighted by Crippen LogP contribution is -2.16. The van der Waals surface area contributed by atoms with E-state index >= 15 is 0 Å². The van der Waals surface area contributed by atoms with Crippen molar-refractivity contribution in [1.29, 1.82) is 0 Å². The quantitative estimate of drug-likeness (QED) is 0.695. The van der Waals surface area contributed by atoms with Crippen molar-refractivity contribution >= 4 is 17.5 Å². The van der Waals surface area contributed by atoms with Gasteiger partial charge in [0, 0.05) is 0 Å². The van der Waals surface area contributed by atoms with Gasteiger partial charge in [0.05, 0.1) is 5.25 Å². The lowest BCUT2D eigenvalue weighted by atomic mass is 10.0. The van der Waals surface area contributed by atoms with Gasteiger partial charge in [-0.1, -0.05) is 12.5 Å². The highest BCUT2D eigenvalue weighted by Crippen LogP contribution is 2.30. The molecule has 2 rings (SSSR count). The Hall–Kier alpha value is -0.240. The number of Topliss-reactive ketones (excluding diaryl/α,β-unsaturated/α-hetero) is 1. The second kappa shape index (κ2) is 5.01. The summed E-state index contributed by atoms with van der Waals surface area (Å²) < 4.78 is 0. The number of carbonyl (C=O) groups excluding carboxylic acids is 1. The van der Waals surface area contributed by atoms with Crippen LogP contribution in [0.3, 0.4) is 0 Å². The molecule has 1 aliphatic carbocycles. The largest absolute Gasteiger partial charge is 0.293 e. The van der Waals surface area contributed by atoms with Crippen molar-refractivity contribution in [3.63, 3.8) is 0 Å². The third kappa shape index (κ3) is 2.41. The van der Waals surface area contributed by atoms with E-state index in [0.717, 1.165) is 24.8 Å². The summed E-state index contributed by atoms with van der Waals surface area (Å²) in [5.41, 5.74) is 1.14. The van der Waals surface area contributed by atoms with E-state index in [1.165, 1.54) is 31.4 Å². The maximum atomic E-state index is 12.1. The van der Waals surface area contributed by atoms with E-state index in [9.17, 15) is 4.79 Å². The summed E-state index contributed by atoms with van der Waals surface area (Å²) in [6.07, 6.45) is 10.5. The summed E-state index contributed by atoms with van der Waals surface area (Å²) in [7, 11) is 0. The fourth-order valence-corrected chi connectivity index (χ4v) is 3.48. The van der Waals surface area contributed by atoms with Crippen LogP contribution in [0.1, 0.15) is 44.9 Å². The Balaban J connectivity index is 1.97. The van der Waals surface area contributed by atoms with Crippen LogP contribution in [0.25, 0.3) is 0 Å². The van der Waals surface area contributed by atoms with E-state index in [1.54, 1.807) is 0 Å². The average molecular weight is 210 g/mol. The van der Waals surface area contributed by atoms with Crippen LogP contribution in [-0.4, -0.2) is 16.8 Å². The Bertz CT molecular complexity index is 239. The van der Waals surface area contributed by atoms with Gasteiger partial charge in [0.2, 0.25) is 0 Å². The Morgan fingerprint density at radius 3 is 3.00 bits per heavy atom. The van der Waals surface area contributed by atoms with Crippen LogP contribution >= 0.6 is 11.8 Å². The van der Waals surface area contributed by atoms with Gasteiger partial charge in [-0.2, -0.15) is 11.8 Å². The summed E-state index contributed by atoms with van der Waals surface area (Å²) in [5.74, 6) is 1.64. The van der Waals surface area contributed by atoms with Crippen LogP contribution in [0, 0.1) is 0 Å². The second-order valence-electron chi connectivity index (χ2n) is 4.19. The molecule has 1 nitrogen and oxygen atoms in total. The van der Waals surface area contributed by atoms with E-state index in [2.05, 4.69) is 6.08 Å². The number of allylic oxidation sites excluding steroid dienone is 2. The highest BCUT2D eigenvalue weighted by Gasteiger charge is 2.25. The Morgan fingerprint density at radius 1 is 1.29 bits per heavy atom. The first-order valence-corrected chi connectivity index (χ1v) is 6.77. The highest BCUT2D eigenvalue weighted by molar-refractivity contribution is 8.00. The molecule has 1 unspecified atom stereocenters. The summed E-state index contributed by atoms with van der Waals surface area (Å²) in [4.78, 5) is 12.1. The van der Waals surface area contributed by atoms with Crippen molar-refractivity contribution in [2.75, 3.05) is 5.75 Å². The summed E-state index contributed by atoms with van der Waals surface area (Å²) in [5, 5.41) is 0.305. The third-order valence-corrected chi connectivity index (χ3v) is 4.46. The molecule has 0 aromatic rings. The molecule has 0 bridgehead atoms. The monoisotopic (exact) mass is 210 g/mol. The minimum absolute atomic E-state index is 0.305. The SMILES string of the molecule is O=C(C1=CCCCCC1)C1CCCS1. The fourth-order valence-electron chi connectivity index (χ4n) is 2.23. The average Bonchev–Trinajstić information content (AvgIpc) is 2.59. The van der Waals surface area contributed by atoms with E-state index in [0.29, 0.717) is 11.0 Å². The van der Waals surface area contributed by atoms with Gasteiger partial charge in [0.25, 0.3) is 0 Å². The Morgan fingerprint density at radius 2 is 2.21 bits per heavy atom. The molecule has 1 fully saturated rings. The van der Waals surface area contributed by atoms with Crippen molar-refractivity contribution in [2.24, 2.45) is 0 Å². The molecule has 1 atom stereocenters. The molecule has 1 heterocycles. The minimum Gasteiger partial charge on any atom is -0.293 e. The number of thioether (sulfide) groups is 1. The smallest absolute Gasteiger partial charge is 0.171 e. The fraction of sp³-hybridized carbons (Fsp3) is 0.750. The van der Waals surface area contributed by atoms with Gasteiger partial charge in [-0.05, 0) is 49.9 Å². The molecule has 0 radical (unpaired) electrons. The van der Waals surface area contributed by atoms with Gasteiger partial charge in [0.1, 0.15) is 0 Å². The van der Waals surface area contributed by atoms with Crippen LogP contribution in [-0.2, 0) is 4.79 Å². The van der Waals surface area contributed by atoms with Gasteiger partial charge < -0.3 is 0 Å². The summed E-state index contributed by atoms with van der Waals surface area (Å²) in [6, 6.07) is 0. The Labute approximate surface area is 90.3 Å². The number of carbonyl (C=O) groups is 1. The molecule has 2 aliphatic rings. The van der Waals surface area contributed by atoms with Gasteiger partial charge in [-0.25, -0.2) is 0 Å². The first-order chi connectivity index (χ1) is 6.88. The normalized spacial score (nSPS) is 28.3. The van der Waals surface area contributed by atoms with E-state index < -0.39 is 0 Å². The predicted octanol–water partition coefficient (Wildman–Crippen LogP) is 3.34. The van der Waals surface area contributed by atoms with Gasteiger partial charge in [0.15, 0.2) is 5.78 Å². The topological polar surface area (TPSA) is 17.1 Å². The van der Waals surface area contributed by atoms with Crippen LogP contribution in [0.5, 0.6) is 0 Å². The second-order valence-corrected chi connectivity index (χ2v) is 5.51. The molecule has 1 saturated heterocycles. The van der Waals surface area contributed by atoms with Crippen LogP contribution in [0.15, 0.2) is 11.6 Å². The molecule has 0 amide bonds. The predicted molar refractivity (Wildman–Crippen MR) is 61.7 cm³/mol. The maximum absolute atomic E-state index is 12.1. The molecule has 0 aromatic carbocycles. The molecular formula is C12H18OS. The molecule has 14 heavy (non-hydrogen) atoms. The third-order valence-electron chi connectivity index (χ3n) is 3.08. The molecule has 0 spiro atoms. The maximum Gasteiger partial charge on any atom is 0.171 e. The molecule has 2 heteroatoms. The standard InChI is InChI=1S/C12H18OS/c13-12(11-8-5-9-14-11)10-6-3-1-2-4-7-10/h6,11H,1-5,7-9H2. The zero-order chi connectivity index (χ0) is 9.80. The van der Waals surface area contributed by atoms with Crippen molar-refractivity contribution in [3.05, 3.63) is 11.6 Å². The number of rotatable bonds is 2.